The van der Waals surface area contributed by atoms with E-state index in [-0.39, 0.29) is 5.78 Å². The van der Waals surface area contributed by atoms with E-state index in [1.54, 1.807) is 34.8 Å². The smallest absolute Gasteiger partial charge is 0.316 e. The number of hydrogen-bond donors (Lipinski definition) is 0. The van der Waals surface area contributed by atoms with Gasteiger partial charge < -0.3 is 9.47 Å². The summed E-state index contributed by atoms with van der Waals surface area (Å²) in [6.07, 6.45) is 5.60. The van der Waals surface area contributed by atoms with Crippen molar-refractivity contribution >= 4 is 11.8 Å². The monoisotopic (exact) mass is 284 g/mol. The highest BCUT2D eigenvalue weighted by Crippen LogP contribution is 2.33. The molecule has 1 saturated carbocycles. The minimum atomic E-state index is -0.799. The quantitative estimate of drug-likeness (QED) is 0.451. The fraction of sp³-hybridized carbons (Fsp3) is 0.875. The van der Waals surface area contributed by atoms with Gasteiger partial charge in [-0.25, -0.2) is 0 Å². The third-order valence-corrected chi connectivity index (χ3v) is 3.90. The Morgan fingerprint density at radius 1 is 1.05 bits per heavy atom. The molecule has 116 valence electrons. The highest BCUT2D eigenvalue weighted by atomic mass is 16.6. The SMILES string of the molecule is COC1(C(=O)C(C)C(=O)OC(C)(C)C)CCCCCC1. The molecule has 1 unspecified atom stereocenters. The van der Waals surface area contributed by atoms with Crippen molar-refractivity contribution in [3.05, 3.63) is 0 Å². The highest BCUT2D eigenvalue weighted by molar-refractivity contribution is 6.03. The number of rotatable bonds is 4. The minimum absolute atomic E-state index is 0.129. The molecule has 0 spiro atoms. The first-order valence-corrected chi connectivity index (χ1v) is 7.54. The van der Waals surface area contributed by atoms with Crippen LogP contribution >= 0.6 is 0 Å². The van der Waals surface area contributed by atoms with E-state index in [9.17, 15) is 9.59 Å². The van der Waals surface area contributed by atoms with Gasteiger partial charge in [0.05, 0.1) is 0 Å². The Balaban J connectivity index is 2.81. The summed E-state index contributed by atoms with van der Waals surface area (Å²) in [6.45, 7) is 7.04. The van der Waals surface area contributed by atoms with E-state index in [1.807, 2.05) is 0 Å². The molecule has 0 aromatic carbocycles. The molecular formula is C16H28O4. The topological polar surface area (TPSA) is 52.6 Å². The minimum Gasteiger partial charge on any atom is -0.459 e. The summed E-state index contributed by atoms with van der Waals surface area (Å²) in [5.41, 5.74) is -1.37. The van der Waals surface area contributed by atoms with Crippen molar-refractivity contribution in [3.8, 4) is 0 Å². The summed E-state index contributed by atoms with van der Waals surface area (Å²) >= 11 is 0. The summed E-state index contributed by atoms with van der Waals surface area (Å²) < 4.78 is 10.9. The van der Waals surface area contributed by atoms with Crippen LogP contribution in [0.2, 0.25) is 0 Å². The van der Waals surface area contributed by atoms with Gasteiger partial charge in [0.25, 0.3) is 0 Å². The molecule has 1 aliphatic carbocycles. The first-order chi connectivity index (χ1) is 9.22. The Bertz CT molecular complexity index is 346. The maximum absolute atomic E-state index is 12.7. The molecule has 4 heteroatoms. The van der Waals surface area contributed by atoms with Gasteiger partial charge >= 0.3 is 5.97 Å². The lowest BCUT2D eigenvalue weighted by Crippen LogP contribution is -2.46. The van der Waals surface area contributed by atoms with Crippen molar-refractivity contribution in [3.63, 3.8) is 0 Å². The molecule has 0 aromatic rings. The van der Waals surface area contributed by atoms with Crippen molar-refractivity contribution in [2.45, 2.75) is 77.4 Å². The second-order valence-electron chi connectivity index (χ2n) is 6.73. The number of ketones is 1. The Hall–Kier alpha value is -0.900. The van der Waals surface area contributed by atoms with E-state index in [2.05, 4.69) is 0 Å². The lowest BCUT2D eigenvalue weighted by atomic mass is 9.83. The van der Waals surface area contributed by atoms with Crippen molar-refractivity contribution < 1.29 is 19.1 Å². The number of carbonyl (C=O) groups is 2. The second kappa shape index (κ2) is 6.70. The Morgan fingerprint density at radius 2 is 1.55 bits per heavy atom. The van der Waals surface area contributed by atoms with Crippen LogP contribution in [0.5, 0.6) is 0 Å². The molecule has 0 aromatic heterocycles. The normalized spacial score (nSPS) is 20.9. The zero-order valence-electron chi connectivity index (χ0n) is 13.5. The summed E-state index contributed by atoms with van der Waals surface area (Å²) in [5.74, 6) is -1.36. The van der Waals surface area contributed by atoms with Crippen LogP contribution in [0.25, 0.3) is 0 Å². The molecule has 0 amide bonds. The van der Waals surface area contributed by atoms with Crippen LogP contribution in [0, 0.1) is 5.92 Å². The maximum atomic E-state index is 12.7. The predicted molar refractivity (Wildman–Crippen MR) is 77.5 cm³/mol. The van der Waals surface area contributed by atoms with E-state index < -0.39 is 23.1 Å². The molecule has 1 rings (SSSR count). The van der Waals surface area contributed by atoms with Gasteiger partial charge in [-0.15, -0.1) is 0 Å². The molecule has 0 heterocycles. The van der Waals surface area contributed by atoms with Crippen LogP contribution < -0.4 is 0 Å². The first kappa shape index (κ1) is 17.2. The molecule has 1 fully saturated rings. The molecular weight excluding hydrogens is 256 g/mol. The Labute approximate surface area is 122 Å². The van der Waals surface area contributed by atoms with Crippen LogP contribution in [-0.4, -0.2) is 30.1 Å². The van der Waals surface area contributed by atoms with Crippen LogP contribution in [0.15, 0.2) is 0 Å². The summed E-state index contributed by atoms with van der Waals surface area (Å²) in [7, 11) is 1.57. The van der Waals surface area contributed by atoms with Crippen molar-refractivity contribution in [2.24, 2.45) is 5.92 Å². The van der Waals surface area contributed by atoms with Crippen molar-refractivity contribution in [1.29, 1.82) is 0 Å². The van der Waals surface area contributed by atoms with Gasteiger partial charge in [-0.3, -0.25) is 9.59 Å². The van der Waals surface area contributed by atoms with Gasteiger partial charge in [-0.2, -0.15) is 0 Å². The number of carbonyl (C=O) groups excluding carboxylic acids is 2. The van der Waals surface area contributed by atoms with Gasteiger partial charge in [-0.1, -0.05) is 25.7 Å². The lowest BCUT2D eigenvalue weighted by molar-refractivity contribution is -0.167. The zero-order chi connectivity index (χ0) is 15.4. The predicted octanol–water partition coefficient (Wildman–Crippen LogP) is 3.27. The fourth-order valence-electron chi connectivity index (χ4n) is 2.74. The Morgan fingerprint density at radius 3 is 1.95 bits per heavy atom. The zero-order valence-corrected chi connectivity index (χ0v) is 13.5. The maximum Gasteiger partial charge on any atom is 0.316 e. The van der Waals surface area contributed by atoms with Gasteiger partial charge in [0.2, 0.25) is 0 Å². The third kappa shape index (κ3) is 4.30. The molecule has 1 atom stereocenters. The van der Waals surface area contributed by atoms with Gasteiger partial charge in [0.15, 0.2) is 5.78 Å². The summed E-state index contributed by atoms with van der Waals surface area (Å²) in [5, 5.41) is 0. The van der Waals surface area contributed by atoms with Crippen LogP contribution in [0.3, 0.4) is 0 Å². The van der Waals surface area contributed by atoms with E-state index >= 15 is 0 Å². The van der Waals surface area contributed by atoms with Crippen LogP contribution in [0.4, 0.5) is 0 Å². The summed E-state index contributed by atoms with van der Waals surface area (Å²) in [4.78, 5) is 24.8. The molecule has 0 aliphatic heterocycles. The molecule has 0 bridgehead atoms. The average Bonchev–Trinajstić information content (AvgIpc) is 2.61. The molecule has 0 radical (unpaired) electrons. The lowest BCUT2D eigenvalue weighted by Gasteiger charge is -2.32. The average molecular weight is 284 g/mol. The van der Waals surface area contributed by atoms with E-state index in [1.165, 1.54) is 0 Å². The Kier molecular flexibility index (Phi) is 5.75. The number of hydrogen-bond acceptors (Lipinski definition) is 4. The van der Waals surface area contributed by atoms with Crippen LogP contribution in [0.1, 0.15) is 66.2 Å². The number of Topliss-reactive ketones (excluding diaryl/α,β-unsaturated/α-hetero) is 1. The molecule has 20 heavy (non-hydrogen) atoms. The number of ether oxygens (including phenoxy) is 2. The van der Waals surface area contributed by atoms with Crippen molar-refractivity contribution in [1.82, 2.24) is 0 Å². The van der Waals surface area contributed by atoms with Crippen molar-refractivity contribution in [2.75, 3.05) is 7.11 Å². The largest absolute Gasteiger partial charge is 0.459 e. The van der Waals surface area contributed by atoms with Gasteiger partial charge in [0.1, 0.15) is 17.1 Å². The second-order valence-corrected chi connectivity index (χ2v) is 6.73. The van der Waals surface area contributed by atoms with E-state index in [0.29, 0.717) is 12.8 Å². The fourth-order valence-corrected chi connectivity index (χ4v) is 2.74. The van der Waals surface area contributed by atoms with E-state index in [0.717, 1.165) is 25.7 Å². The first-order valence-electron chi connectivity index (χ1n) is 7.54. The molecule has 4 nitrogen and oxygen atoms in total. The highest BCUT2D eigenvalue weighted by Gasteiger charge is 2.43. The molecule has 1 aliphatic rings. The summed E-state index contributed by atoms with van der Waals surface area (Å²) in [6, 6.07) is 0. The number of methoxy groups -OCH3 is 1. The number of esters is 1. The molecule has 0 saturated heterocycles. The van der Waals surface area contributed by atoms with Gasteiger partial charge in [0, 0.05) is 7.11 Å². The molecule has 0 N–H and O–H groups in total. The third-order valence-electron chi connectivity index (χ3n) is 3.90. The van der Waals surface area contributed by atoms with Gasteiger partial charge in [-0.05, 0) is 40.5 Å². The standard InChI is InChI=1S/C16H28O4/c1-12(14(18)20-15(2,3)4)13(17)16(19-5)10-8-6-7-9-11-16/h12H,6-11H2,1-5H3. The van der Waals surface area contributed by atoms with Crippen LogP contribution in [-0.2, 0) is 19.1 Å². The van der Waals surface area contributed by atoms with E-state index in [4.69, 9.17) is 9.47 Å².